The maximum absolute atomic E-state index is 12.3. The second-order valence-electron chi connectivity index (χ2n) is 13.0. The molecule has 2 aromatic rings. The number of rotatable bonds is 9. The Kier molecular flexibility index (Phi) is 9.70. The summed E-state index contributed by atoms with van der Waals surface area (Å²) < 4.78 is 26.4. The predicted octanol–water partition coefficient (Wildman–Crippen LogP) is 4.45. The molecule has 1 saturated carbocycles. The molecule has 1 aliphatic carbocycles. The lowest BCUT2D eigenvalue weighted by atomic mass is 9.77. The Hall–Kier alpha value is -1.09. The van der Waals surface area contributed by atoms with Crippen molar-refractivity contribution in [3.05, 3.63) is 28.8 Å². The average Bonchev–Trinajstić information content (AvgIpc) is 3.39. The van der Waals surface area contributed by atoms with Crippen molar-refractivity contribution < 1.29 is 28.4 Å². The van der Waals surface area contributed by atoms with Crippen LogP contribution in [0.2, 0.25) is 18.1 Å². The van der Waals surface area contributed by atoms with Gasteiger partial charge < -0.3 is 28.4 Å². The van der Waals surface area contributed by atoms with Crippen molar-refractivity contribution in [2.75, 3.05) is 6.61 Å². The second-order valence-corrected chi connectivity index (χ2v) is 20.8. The number of aliphatic hydroxyl groups is 1. The summed E-state index contributed by atoms with van der Waals surface area (Å²) in [6.07, 6.45) is -0.103. The van der Waals surface area contributed by atoms with Gasteiger partial charge in [-0.1, -0.05) is 32.9 Å². The maximum atomic E-state index is 12.3. The van der Waals surface area contributed by atoms with E-state index in [1.54, 1.807) is 0 Å². The third-order valence-electron chi connectivity index (χ3n) is 8.78. The van der Waals surface area contributed by atoms with Crippen molar-refractivity contribution in [3.63, 3.8) is 0 Å². The molecular weight excluding hydrogens is 604 g/mol. The molecule has 1 saturated heterocycles. The first-order valence-corrected chi connectivity index (χ1v) is 19.6. The highest BCUT2D eigenvalue weighted by atomic mass is 32.4. The van der Waals surface area contributed by atoms with E-state index in [0.29, 0.717) is 5.92 Å². The summed E-state index contributed by atoms with van der Waals surface area (Å²) in [5.41, 5.74) is 0.576. The highest BCUT2D eigenvalue weighted by Crippen LogP contribution is 2.47. The normalized spacial score (nSPS) is 31.9. The van der Waals surface area contributed by atoms with Gasteiger partial charge in [0.25, 0.3) is 11.6 Å². The molecule has 2 aromatic heterocycles. The van der Waals surface area contributed by atoms with E-state index in [9.17, 15) is 15.0 Å². The van der Waals surface area contributed by atoms with Gasteiger partial charge >= 0.3 is 0 Å². The minimum absolute atomic E-state index is 0.00539. The Labute approximate surface area is 253 Å². The van der Waals surface area contributed by atoms with Crippen molar-refractivity contribution in [2.24, 2.45) is 5.92 Å². The number of aliphatic hydroxyl groups excluding tert-OH is 1. The zero-order chi connectivity index (χ0) is 30.5. The van der Waals surface area contributed by atoms with Crippen molar-refractivity contribution in [1.29, 1.82) is 0 Å². The van der Waals surface area contributed by atoms with E-state index in [1.807, 2.05) is 13.8 Å². The lowest BCUT2D eigenvalue weighted by Crippen LogP contribution is -2.45. The fraction of sp³-hybridized carbons (Fsp3) is 0.731. The highest BCUT2D eigenvalue weighted by Gasteiger charge is 2.49. The quantitative estimate of drug-likeness (QED) is 0.134. The molecule has 230 valence electrons. The molecule has 0 radical (unpaired) electrons. The molecule has 11 nitrogen and oxygen atoms in total. The van der Waals surface area contributed by atoms with Gasteiger partial charge in [0.2, 0.25) is 0 Å². The molecule has 0 aromatic carbocycles. The summed E-state index contributed by atoms with van der Waals surface area (Å²) in [5, 5.41) is 21.4. The molecule has 1 unspecified atom stereocenters. The molecule has 0 bridgehead atoms. The zero-order valence-electron chi connectivity index (χ0n) is 24.7. The number of hydrogen-bond donors (Lipinski definition) is 4. The Morgan fingerprint density at radius 3 is 2.73 bits per heavy atom. The van der Waals surface area contributed by atoms with E-state index in [2.05, 4.69) is 55.4 Å². The molecule has 2 fully saturated rings. The van der Waals surface area contributed by atoms with Gasteiger partial charge in [0.1, 0.15) is 18.3 Å². The van der Waals surface area contributed by atoms with E-state index in [-0.39, 0.29) is 33.7 Å². The van der Waals surface area contributed by atoms with Gasteiger partial charge in [-0.15, -0.1) is 0 Å². The van der Waals surface area contributed by atoms with Crippen LogP contribution in [0.3, 0.4) is 0 Å². The summed E-state index contributed by atoms with van der Waals surface area (Å²) >= 11 is 10.6. The SMILES string of the molecule is C=C(C)[C@@H]1CC[C@](C)(S)[C@@H](O[PH](=S)O[C@H]2[C@@H](O)[C@H](n3cnc4c(=O)[nH]c(O)nc43)O[C@@H]2CO[Si](C)(C)C(C)(C)C)C1. The molecule has 3 N–H and O–H groups in total. The van der Waals surface area contributed by atoms with Crippen LogP contribution in [-0.4, -0.2) is 73.8 Å². The Balaban J connectivity index is 1.59. The van der Waals surface area contributed by atoms with E-state index in [4.69, 9.17) is 42.6 Å². The fourth-order valence-corrected chi connectivity index (χ4v) is 8.21. The number of fused-ring (bicyclic) bond motifs is 1. The van der Waals surface area contributed by atoms with Crippen LogP contribution in [0.5, 0.6) is 6.01 Å². The topological polar surface area (TPSA) is 141 Å². The lowest BCUT2D eigenvalue weighted by Gasteiger charge is -2.41. The van der Waals surface area contributed by atoms with Gasteiger partial charge in [-0.3, -0.25) is 14.3 Å². The number of nitrogens with zero attached hydrogens (tertiary/aromatic N) is 3. The van der Waals surface area contributed by atoms with E-state index in [0.717, 1.165) is 24.8 Å². The number of imidazole rings is 1. The number of aromatic nitrogens is 4. The number of aromatic hydroxyl groups is 1. The predicted molar refractivity (Wildman–Crippen MR) is 168 cm³/mol. The van der Waals surface area contributed by atoms with Gasteiger partial charge in [-0.05, 0) is 69.0 Å². The van der Waals surface area contributed by atoms with Crippen LogP contribution in [0.25, 0.3) is 11.2 Å². The molecule has 3 heterocycles. The minimum Gasteiger partial charge on any atom is -0.480 e. The standard InChI is InChI=1S/C26H43N4O7PS2Si/c1-14(2)15-9-10-26(6,39)17(11-15)36-38(40)37-20-16(12-34-41(7,8)25(3,4)5)35-23(19(20)31)30-13-27-18-21(30)28-24(33)29-22(18)32/h13,15-17,19-20,23,31,38-39H,1,9-12H2,2-8H3,(H2,28,29,32,33)/t15-,16-,17+,19-,20-,23-,26+/m1/s1. The number of allylic oxidation sites excluding steroid dienone is 1. The van der Waals surface area contributed by atoms with Gasteiger partial charge in [-0.25, -0.2) is 4.98 Å². The summed E-state index contributed by atoms with van der Waals surface area (Å²) in [7, 11) is -4.48. The molecule has 1 aliphatic heterocycles. The molecule has 0 amide bonds. The van der Waals surface area contributed by atoms with Crippen LogP contribution in [0.1, 0.15) is 60.1 Å². The van der Waals surface area contributed by atoms with Crippen LogP contribution in [0, 0.1) is 5.92 Å². The highest BCUT2D eigenvalue weighted by molar-refractivity contribution is 8.00. The second kappa shape index (κ2) is 12.1. The van der Waals surface area contributed by atoms with Crippen molar-refractivity contribution in [3.8, 4) is 6.01 Å². The van der Waals surface area contributed by atoms with Crippen molar-refractivity contribution in [2.45, 2.75) is 107 Å². The summed E-state index contributed by atoms with van der Waals surface area (Å²) in [4.78, 5) is 22.6. The fourth-order valence-electron chi connectivity index (χ4n) is 4.97. The largest absolute Gasteiger partial charge is 0.480 e. The van der Waals surface area contributed by atoms with Crippen molar-refractivity contribution >= 4 is 51.1 Å². The van der Waals surface area contributed by atoms with Gasteiger partial charge in [0.15, 0.2) is 32.9 Å². The molecule has 0 spiro atoms. The first-order valence-electron chi connectivity index (χ1n) is 13.8. The number of hydrogen-bond acceptors (Lipinski definition) is 11. The Morgan fingerprint density at radius 1 is 1.41 bits per heavy atom. The summed E-state index contributed by atoms with van der Waals surface area (Å²) in [6.45, 7) is 19.1. The van der Waals surface area contributed by atoms with Gasteiger partial charge in [-0.2, -0.15) is 17.6 Å². The van der Waals surface area contributed by atoms with Crippen LogP contribution in [0.4, 0.5) is 0 Å². The van der Waals surface area contributed by atoms with E-state index in [1.165, 1.54) is 10.9 Å². The van der Waals surface area contributed by atoms with E-state index < -0.39 is 51.6 Å². The average molecular weight is 647 g/mol. The Bertz CT molecular complexity index is 1360. The minimum atomic E-state index is -2.30. The third-order valence-corrected chi connectivity index (χ3v) is 15.3. The number of thiol groups is 1. The number of ether oxygens (including phenoxy) is 1. The third kappa shape index (κ3) is 7.02. The van der Waals surface area contributed by atoms with E-state index >= 15 is 0 Å². The first kappa shape index (κ1) is 32.8. The summed E-state index contributed by atoms with van der Waals surface area (Å²) in [6, 6.07) is -0.567. The molecule has 2 aliphatic rings. The van der Waals surface area contributed by atoms with Crippen LogP contribution in [0.15, 0.2) is 23.3 Å². The zero-order valence-corrected chi connectivity index (χ0v) is 28.4. The molecule has 15 heteroatoms. The molecule has 4 rings (SSSR count). The monoisotopic (exact) mass is 646 g/mol. The number of nitrogens with one attached hydrogen (secondary N) is 1. The van der Waals surface area contributed by atoms with Crippen LogP contribution in [-0.2, 0) is 30.0 Å². The van der Waals surface area contributed by atoms with Crippen LogP contribution >= 0.6 is 19.8 Å². The lowest BCUT2D eigenvalue weighted by molar-refractivity contribution is -0.0486. The molecule has 8 atom stereocenters. The smallest absolute Gasteiger partial charge is 0.296 e. The molecular formula is C26H43N4O7PS2Si. The van der Waals surface area contributed by atoms with Crippen LogP contribution < -0.4 is 5.56 Å². The molecule has 41 heavy (non-hydrogen) atoms. The number of H-pyrrole nitrogens is 1. The first-order chi connectivity index (χ1) is 18.9. The maximum Gasteiger partial charge on any atom is 0.296 e. The Morgan fingerprint density at radius 2 is 2.10 bits per heavy atom. The summed E-state index contributed by atoms with van der Waals surface area (Å²) in [5.74, 6) is 0.321. The number of aromatic amines is 1. The van der Waals surface area contributed by atoms with Gasteiger partial charge in [0.05, 0.1) is 19.0 Å². The van der Waals surface area contributed by atoms with Gasteiger partial charge in [0, 0.05) is 4.75 Å². The van der Waals surface area contributed by atoms with Crippen molar-refractivity contribution in [1.82, 2.24) is 19.5 Å².